The van der Waals surface area contributed by atoms with Gasteiger partial charge in [-0.25, -0.2) is 4.98 Å². The molecule has 0 spiro atoms. The van der Waals surface area contributed by atoms with Gasteiger partial charge in [0.05, 0.1) is 11.7 Å². The predicted molar refractivity (Wildman–Crippen MR) is 50.1 cm³/mol. The molecule has 1 rings (SSSR count). The molecule has 0 aliphatic carbocycles. The molecule has 0 saturated heterocycles. The van der Waals surface area contributed by atoms with Crippen LogP contribution in [0.1, 0.15) is 29.8 Å². The van der Waals surface area contributed by atoms with E-state index in [0.29, 0.717) is 11.4 Å². The monoisotopic (exact) mass is 179 g/mol. The first-order valence-electron chi connectivity index (χ1n) is 4.22. The Balaban J connectivity index is 2.99. The molecule has 0 bridgehead atoms. The van der Waals surface area contributed by atoms with Crippen LogP contribution in [-0.4, -0.2) is 17.4 Å². The van der Waals surface area contributed by atoms with E-state index in [1.807, 2.05) is 20.8 Å². The zero-order chi connectivity index (χ0) is 9.84. The van der Waals surface area contributed by atoms with Gasteiger partial charge in [-0.15, -0.1) is 0 Å². The smallest absolute Gasteiger partial charge is 0.224 e. The fourth-order valence-corrected chi connectivity index (χ4v) is 0.985. The summed E-state index contributed by atoms with van der Waals surface area (Å²) in [6.07, 6.45) is 2.48. The fourth-order valence-electron chi connectivity index (χ4n) is 0.985. The van der Waals surface area contributed by atoms with Gasteiger partial charge in [0.2, 0.25) is 5.88 Å². The summed E-state index contributed by atoms with van der Waals surface area (Å²) in [4.78, 5) is 14.7. The van der Waals surface area contributed by atoms with Crippen molar-refractivity contribution in [1.29, 1.82) is 0 Å². The fraction of sp³-hybridized carbons (Fsp3) is 0.400. The Labute approximate surface area is 77.8 Å². The molecule has 0 aromatic carbocycles. The highest BCUT2D eigenvalue weighted by Crippen LogP contribution is 2.15. The first-order chi connectivity index (χ1) is 6.13. The maximum atomic E-state index is 10.6. The average Bonchev–Trinajstić information content (AvgIpc) is 2.07. The van der Waals surface area contributed by atoms with Gasteiger partial charge < -0.3 is 4.74 Å². The second-order valence-electron chi connectivity index (χ2n) is 3.19. The Morgan fingerprint density at radius 1 is 1.54 bits per heavy atom. The van der Waals surface area contributed by atoms with E-state index in [-0.39, 0.29) is 6.10 Å². The second-order valence-corrected chi connectivity index (χ2v) is 3.19. The number of pyridine rings is 1. The summed E-state index contributed by atoms with van der Waals surface area (Å²) in [5, 5.41) is 0. The van der Waals surface area contributed by atoms with Gasteiger partial charge in [0, 0.05) is 6.20 Å². The quantitative estimate of drug-likeness (QED) is 0.666. The van der Waals surface area contributed by atoms with Crippen LogP contribution in [-0.2, 0) is 0 Å². The molecule has 0 saturated carbocycles. The minimum absolute atomic E-state index is 0.0360. The molecule has 3 nitrogen and oxygen atoms in total. The molecule has 0 aliphatic heterocycles. The van der Waals surface area contributed by atoms with E-state index in [4.69, 9.17) is 4.74 Å². The normalized spacial score (nSPS) is 10.2. The van der Waals surface area contributed by atoms with Crippen LogP contribution >= 0.6 is 0 Å². The van der Waals surface area contributed by atoms with Crippen LogP contribution < -0.4 is 4.74 Å². The molecule has 0 radical (unpaired) electrons. The van der Waals surface area contributed by atoms with Crippen molar-refractivity contribution in [3.8, 4) is 5.88 Å². The first kappa shape index (κ1) is 9.71. The van der Waals surface area contributed by atoms with Crippen molar-refractivity contribution in [1.82, 2.24) is 4.98 Å². The molecule has 3 heteroatoms. The van der Waals surface area contributed by atoms with Gasteiger partial charge in [0.1, 0.15) is 0 Å². The van der Waals surface area contributed by atoms with E-state index in [2.05, 4.69) is 4.98 Å². The van der Waals surface area contributed by atoms with Gasteiger partial charge in [-0.2, -0.15) is 0 Å². The van der Waals surface area contributed by atoms with E-state index in [0.717, 1.165) is 11.8 Å². The Bertz CT molecular complexity index is 308. The van der Waals surface area contributed by atoms with Gasteiger partial charge in [0.25, 0.3) is 0 Å². The molecule has 0 atom stereocenters. The number of hydrogen-bond acceptors (Lipinski definition) is 3. The van der Waals surface area contributed by atoms with Crippen molar-refractivity contribution in [3.05, 3.63) is 23.4 Å². The molecule has 13 heavy (non-hydrogen) atoms. The van der Waals surface area contributed by atoms with Gasteiger partial charge in [-0.1, -0.05) is 0 Å². The van der Waals surface area contributed by atoms with E-state index < -0.39 is 0 Å². The molecule has 0 N–H and O–H groups in total. The second kappa shape index (κ2) is 4.03. The molecule has 1 heterocycles. The number of hydrogen-bond donors (Lipinski definition) is 0. The summed E-state index contributed by atoms with van der Waals surface area (Å²) in [6.45, 7) is 5.69. The number of carbonyl (C=O) groups is 1. The molecular formula is C10H13NO2. The van der Waals surface area contributed by atoms with Crippen molar-refractivity contribution in [2.24, 2.45) is 0 Å². The van der Waals surface area contributed by atoms with Gasteiger partial charge in [-0.3, -0.25) is 4.79 Å². The molecule has 0 fully saturated rings. The standard InChI is InChI=1S/C10H13NO2/c1-7(2)13-10-9(6-12)4-8(3)5-11-10/h4-7H,1-3H3. The lowest BCUT2D eigenvalue weighted by Crippen LogP contribution is -2.08. The van der Waals surface area contributed by atoms with Gasteiger partial charge >= 0.3 is 0 Å². The van der Waals surface area contributed by atoms with E-state index in [1.165, 1.54) is 0 Å². The van der Waals surface area contributed by atoms with Gasteiger partial charge in [-0.05, 0) is 32.4 Å². The van der Waals surface area contributed by atoms with Crippen LogP contribution in [0, 0.1) is 6.92 Å². The summed E-state index contributed by atoms with van der Waals surface area (Å²) < 4.78 is 5.35. The van der Waals surface area contributed by atoms with Crippen molar-refractivity contribution in [3.63, 3.8) is 0 Å². The summed E-state index contributed by atoms with van der Waals surface area (Å²) >= 11 is 0. The number of aryl methyl sites for hydroxylation is 1. The maximum absolute atomic E-state index is 10.6. The SMILES string of the molecule is Cc1cnc(OC(C)C)c(C=O)c1. The number of nitrogens with zero attached hydrogens (tertiary/aromatic N) is 1. The van der Waals surface area contributed by atoms with Crippen LogP contribution in [0.5, 0.6) is 5.88 Å². The predicted octanol–water partition coefficient (Wildman–Crippen LogP) is 1.99. The third kappa shape index (κ3) is 2.54. The lowest BCUT2D eigenvalue weighted by molar-refractivity contribution is 0.111. The Kier molecular flexibility index (Phi) is 3.01. The number of carbonyl (C=O) groups excluding carboxylic acids is 1. The summed E-state index contributed by atoms with van der Waals surface area (Å²) in [6, 6.07) is 1.76. The molecular weight excluding hydrogens is 166 g/mol. The first-order valence-corrected chi connectivity index (χ1v) is 4.22. The number of aromatic nitrogens is 1. The highest BCUT2D eigenvalue weighted by Gasteiger charge is 2.06. The van der Waals surface area contributed by atoms with Crippen molar-refractivity contribution >= 4 is 6.29 Å². The van der Waals surface area contributed by atoms with Crippen LogP contribution in [0.15, 0.2) is 12.3 Å². The molecule has 70 valence electrons. The Hall–Kier alpha value is -1.38. The minimum atomic E-state index is 0.0360. The van der Waals surface area contributed by atoms with E-state index in [9.17, 15) is 4.79 Å². The van der Waals surface area contributed by atoms with Crippen molar-refractivity contribution in [2.75, 3.05) is 0 Å². The van der Waals surface area contributed by atoms with Crippen LogP contribution in [0.3, 0.4) is 0 Å². The minimum Gasteiger partial charge on any atom is -0.474 e. The number of ether oxygens (including phenoxy) is 1. The molecule has 1 aromatic rings. The van der Waals surface area contributed by atoms with Crippen LogP contribution in [0.2, 0.25) is 0 Å². The molecule has 1 aromatic heterocycles. The highest BCUT2D eigenvalue weighted by atomic mass is 16.5. The van der Waals surface area contributed by atoms with E-state index >= 15 is 0 Å². The lowest BCUT2D eigenvalue weighted by Gasteiger charge is -2.10. The Morgan fingerprint density at radius 3 is 2.77 bits per heavy atom. The molecule has 0 unspecified atom stereocenters. The maximum Gasteiger partial charge on any atom is 0.224 e. The highest BCUT2D eigenvalue weighted by molar-refractivity contribution is 5.78. The summed E-state index contributed by atoms with van der Waals surface area (Å²) in [7, 11) is 0. The Morgan fingerprint density at radius 2 is 2.23 bits per heavy atom. The van der Waals surface area contributed by atoms with Gasteiger partial charge in [0.15, 0.2) is 6.29 Å². The molecule has 0 amide bonds. The third-order valence-electron chi connectivity index (χ3n) is 1.49. The number of rotatable bonds is 3. The average molecular weight is 179 g/mol. The zero-order valence-corrected chi connectivity index (χ0v) is 8.07. The topological polar surface area (TPSA) is 39.2 Å². The lowest BCUT2D eigenvalue weighted by atomic mass is 10.2. The van der Waals surface area contributed by atoms with Crippen molar-refractivity contribution in [2.45, 2.75) is 26.9 Å². The zero-order valence-electron chi connectivity index (χ0n) is 8.07. The third-order valence-corrected chi connectivity index (χ3v) is 1.49. The summed E-state index contributed by atoms with van der Waals surface area (Å²) in [5.41, 5.74) is 1.46. The van der Waals surface area contributed by atoms with Crippen LogP contribution in [0.25, 0.3) is 0 Å². The van der Waals surface area contributed by atoms with Crippen LogP contribution in [0.4, 0.5) is 0 Å². The summed E-state index contributed by atoms with van der Waals surface area (Å²) in [5.74, 6) is 0.413. The largest absolute Gasteiger partial charge is 0.474 e. The number of aldehydes is 1. The molecule has 0 aliphatic rings. The van der Waals surface area contributed by atoms with Crippen molar-refractivity contribution < 1.29 is 9.53 Å². The van der Waals surface area contributed by atoms with E-state index in [1.54, 1.807) is 12.3 Å².